The zero-order chi connectivity index (χ0) is 9.90. The molecule has 0 aliphatic heterocycles. The highest BCUT2D eigenvalue weighted by Gasteiger charge is 2.36. The van der Waals surface area contributed by atoms with Crippen LogP contribution in [0.4, 0.5) is 13.2 Å². The highest BCUT2D eigenvalue weighted by Crippen LogP contribution is 2.33. The molecule has 0 saturated carbocycles. The van der Waals surface area contributed by atoms with Crippen molar-refractivity contribution in [1.29, 1.82) is 0 Å². The van der Waals surface area contributed by atoms with Gasteiger partial charge in [-0.25, -0.2) is 0 Å². The van der Waals surface area contributed by atoms with Crippen molar-refractivity contribution in [3.8, 4) is 5.75 Å². The van der Waals surface area contributed by atoms with Gasteiger partial charge >= 0.3 is 6.18 Å². The number of hydrogen-bond donors (Lipinski definition) is 2. The van der Waals surface area contributed by atoms with Gasteiger partial charge in [-0.05, 0) is 0 Å². The predicted octanol–water partition coefficient (Wildman–Crippen LogP) is 0.766. The van der Waals surface area contributed by atoms with E-state index in [0.29, 0.717) is 0 Å². The summed E-state index contributed by atoms with van der Waals surface area (Å²) in [5.41, 5.74) is 4.08. The Labute approximate surface area is 71.9 Å². The first-order chi connectivity index (χ1) is 6.05. The van der Waals surface area contributed by atoms with Crippen LogP contribution in [0, 0.1) is 0 Å². The number of aromatic nitrogens is 2. The molecular formula is C6H8F3N3O. The van der Waals surface area contributed by atoms with E-state index in [2.05, 4.69) is 5.10 Å². The zero-order valence-corrected chi connectivity index (χ0v) is 6.56. The molecule has 7 heteroatoms. The molecule has 0 aromatic carbocycles. The molecule has 0 amide bonds. The first-order valence-corrected chi connectivity index (χ1v) is 3.49. The van der Waals surface area contributed by atoms with E-state index in [1.165, 1.54) is 0 Å². The first-order valence-electron chi connectivity index (χ1n) is 3.49. The van der Waals surface area contributed by atoms with Crippen LogP contribution in [-0.2, 0) is 6.18 Å². The largest absolute Gasteiger partial charge is 0.488 e. The maximum absolute atomic E-state index is 12.1. The van der Waals surface area contributed by atoms with Gasteiger partial charge in [0.2, 0.25) is 0 Å². The lowest BCUT2D eigenvalue weighted by Crippen LogP contribution is -2.13. The van der Waals surface area contributed by atoms with Gasteiger partial charge in [0.15, 0.2) is 11.4 Å². The van der Waals surface area contributed by atoms with Crippen molar-refractivity contribution in [2.45, 2.75) is 6.18 Å². The molecule has 1 aromatic rings. The van der Waals surface area contributed by atoms with E-state index >= 15 is 0 Å². The highest BCUT2D eigenvalue weighted by atomic mass is 19.4. The molecule has 74 valence electrons. The topological polar surface area (TPSA) is 63.9 Å². The van der Waals surface area contributed by atoms with Crippen molar-refractivity contribution in [3.63, 3.8) is 0 Å². The second-order valence-electron chi connectivity index (χ2n) is 2.24. The number of nitrogens with one attached hydrogen (secondary N) is 1. The molecule has 1 rings (SSSR count). The number of alkyl halides is 3. The number of ether oxygens (including phenoxy) is 1. The Hall–Kier alpha value is -1.24. The van der Waals surface area contributed by atoms with E-state index in [-0.39, 0.29) is 18.9 Å². The minimum absolute atomic E-state index is 0.0304. The predicted molar refractivity (Wildman–Crippen MR) is 38.1 cm³/mol. The van der Waals surface area contributed by atoms with Crippen LogP contribution >= 0.6 is 0 Å². The van der Waals surface area contributed by atoms with Crippen molar-refractivity contribution in [2.24, 2.45) is 5.73 Å². The van der Waals surface area contributed by atoms with Crippen molar-refractivity contribution in [1.82, 2.24) is 10.2 Å². The molecular weight excluding hydrogens is 187 g/mol. The Bertz CT molecular complexity index is 270. The van der Waals surface area contributed by atoms with Gasteiger partial charge in [0.1, 0.15) is 6.61 Å². The van der Waals surface area contributed by atoms with E-state index in [9.17, 15) is 13.2 Å². The maximum atomic E-state index is 12.1. The average molecular weight is 195 g/mol. The van der Waals surface area contributed by atoms with Gasteiger partial charge in [-0.1, -0.05) is 0 Å². The number of nitrogens with zero attached hydrogens (tertiary/aromatic N) is 1. The van der Waals surface area contributed by atoms with Crippen LogP contribution in [0.2, 0.25) is 0 Å². The summed E-state index contributed by atoms with van der Waals surface area (Å²) in [6.07, 6.45) is -3.50. The van der Waals surface area contributed by atoms with E-state index in [0.717, 1.165) is 6.20 Å². The Morgan fingerprint density at radius 1 is 1.54 bits per heavy atom. The molecule has 0 radical (unpaired) electrons. The molecule has 0 aliphatic rings. The van der Waals surface area contributed by atoms with Gasteiger partial charge < -0.3 is 10.5 Å². The fourth-order valence-corrected chi connectivity index (χ4v) is 0.756. The number of nitrogens with two attached hydrogens (primary N) is 1. The standard InChI is InChI=1S/C6H8F3N3O/c7-6(8,9)5-4(3-11-12-5)13-2-1-10/h3H,1-2,10H2,(H,11,12). The summed E-state index contributed by atoms with van der Waals surface area (Å²) in [5, 5.41) is 5.04. The Balaban J connectivity index is 2.77. The van der Waals surface area contributed by atoms with Gasteiger partial charge in [-0.3, -0.25) is 5.10 Å². The van der Waals surface area contributed by atoms with Crippen LogP contribution in [-0.4, -0.2) is 23.3 Å². The summed E-state index contributed by atoms with van der Waals surface area (Å²) in [5.74, 6) is -0.321. The molecule has 1 heterocycles. The Morgan fingerprint density at radius 2 is 2.23 bits per heavy atom. The summed E-state index contributed by atoms with van der Waals surface area (Å²) >= 11 is 0. The molecule has 13 heavy (non-hydrogen) atoms. The van der Waals surface area contributed by atoms with E-state index in [1.807, 2.05) is 5.10 Å². The summed E-state index contributed by atoms with van der Waals surface area (Å²) < 4.78 is 41.1. The average Bonchev–Trinajstić information content (AvgIpc) is 2.47. The number of hydrogen-bond acceptors (Lipinski definition) is 3. The van der Waals surface area contributed by atoms with Crippen LogP contribution in [0.25, 0.3) is 0 Å². The highest BCUT2D eigenvalue weighted by molar-refractivity contribution is 5.26. The van der Waals surface area contributed by atoms with Gasteiger partial charge in [0.25, 0.3) is 0 Å². The molecule has 1 aromatic heterocycles. The second-order valence-corrected chi connectivity index (χ2v) is 2.24. The summed E-state index contributed by atoms with van der Waals surface area (Å²) in [4.78, 5) is 0. The molecule has 0 unspecified atom stereocenters. The molecule has 0 atom stereocenters. The fraction of sp³-hybridized carbons (Fsp3) is 0.500. The van der Waals surface area contributed by atoms with E-state index in [1.54, 1.807) is 0 Å². The quantitative estimate of drug-likeness (QED) is 0.748. The lowest BCUT2D eigenvalue weighted by Gasteiger charge is -2.07. The van der Waals surface area contributed by atoms with E-state index < -0.39 is 11.9 Å². The van der Waals surface area contributed by atoms with Crippen molar-refractivity contribution in [2.75, 3.05) is 13.2 Å². The van der Waals surface area contributed by atoms with Gasteiger partial charge in [0.05, 0.1) is 6.20 Å². The van der Waals surface area contributed by atoms with Crippen LogP contribution in [0.1, 0.15) is 5.69 Å². The summed E-state index contributed by atoms with van der Waals surface area (Å²) in [6.45, 7) is 0.186. The van der Waals surface area contributed by atoms with Crippen molar-refractivity contribution in [3.05, 3.63) is 11.9 Å². The van der Waals surface area contributed by atoms with Crippen LogP contribution < -0.4 is 10.5 Å². The SMILES string of the molecule is NCCOc1cn[nH]c1C(F)(F)F. The third-order valence-electron chi connectivity index (χ3n) is 1.26. The third-order valence-corrected chi connectivity index (χ3v) is 1.26. The van der Waals surface area contributed by atoms with Crippen LogP contribution in [0.5, 0.6) is 5.75 Å². The lowest BCUT2D eigenvalue weighted by atomic mass is 10.4. The third kappa shape index (κ3) is 2.35. The van der Waals surface area contributed by atoms with Crippen molar-refractivity contribution < 1.29 is 17.9 Å². The van der Waals surface area contributed by atoms with Gasteiger partial charge in [-0.15, -0.1) is 0 Å². The van der Waals surface area contributed by atoms with E-state index in [4.69, 9.17) is 10.5 Å². The second kappa shape index (κ2) is 3.65. The minimum atomic E-state index is -4.47. The monoisotopic (exact) mass is 195 g/mol. The van der Waals surface area contributed by atoms with Crippen LogP contribution in [0.3, 0.4) is 0 Å². The number of halogens is 3. The zero-order valence-electron chi connectivity index (χ0n) is 6.56. The normalized spacial score (nSPS) is 11.7. The first kappa shape index (κ1) is 9.85. The summed E-state index contributed by atoms with van der Waals surface area (Å²) in [7, 11) is 0. The fourth-order valence-electron chi connectivity index (χ4n) is 0.756. The molecule has 0 aliphatic carbocycles. The molecule has 0 spiro atoms. The number of aromatic amines is 1. The van der Waals surface area contributed by atoms with Gasteiger partial charge in [0, 0.05) is 6.54 Å². The minimum Gasteiger partial charge on any atom is -0.488 e. The molecule has 0 saturated heterocycles. The van der Waals surface area contributed by atoms with Crippen molar-refractivity contribution >= 4 is 0 Å². The Kier molecular flexibility index (Phi) is 2.76. The number of H-pyrrole nitrogens is 1. The molecule has 0 fully saturated rings. The Morgan fingerprint density at radius 3 is 2.77 bits per heavy atom. The smallest absolute Gasteiger partial charge is 0.436 e. The van der Waals surface area contributed by atoms with Gasteiger partial charge in [-0.2, -0.15) is 18.3 Å². The maximum Gasteiger partial charge on any atom is 0.436 e. The molecule has 3 N–H and O–H groups in total. The molecule has 4 nitrogen and oxygen atoms in total. The lowest BCUT2D eigenvalue weighted by molar-refractivity contribution is -0.142. The van der Waals surface area contributed by atoms with Crippen LogP contribution in [0.15, 0.2) is 6.20 Å². The number of rotatable bonds is 3. The summed E-state index contributed by atoms with van der Waals surface area (Å²) in [6, 6.07) is 0. The molecule has 0 bridgehead atoms.